The van der Waals surface area contributed by atoms with Gasteiger partial charge in [-0.1, -0.05) is 47.5 Å². The van der Waals surface area contributed by atoms with Gasteiger partial charge < -0.3 is 18.9 Å². The number of esters is 2. The zero-order chi connectivity index (χ0) is 26.5. The Hall–Kier alpha value is -3.38. The van der Waals surface area contributed by atoms with Crippen LogP contribution in [0.25, 0.3) is 5.57 Å². The second-order valence-electron chi connectivity index (χ2n) is 9.40. The summed E-state index contributed by atoms with van der Waals surface area (Å²) in [6, 6.07) is 16.2. The van der Waals surface area contributed by atoms with Crippen molar-refractivity contribution in [2.75, 3.05) is 20.3 Å². The van der Waals surface area contributed by atoms with Gasteiger partial charge >= 0.3 is 11.9 Å². The van der Waals surface area contributed by atoms with Crippen molar-refractivity contribution in [3.63, 3.8) is 0 Å². The molecule has 0 N–H and O–H groups in total. The van der Waals surface area contributed by atoms with Crippen LogP contribution in [0.1, 0.15) is 57.7 Å². The molecule has 1 aliphatic heterocycles. The minimum absolute atomic E-state index is 0.0454. The van der Waals surface area contributed by atoms with Crippen LogP contribution in [0.2, 0.25) is 0 Å². The van der Waals surface area contributed by atoms with Gasteiger partial charge in [0.15, 0.2) is 0 Å². The van der Waals surface area contributed by atoms with Crippen molar-refractivity contribution in [2.24, 2.45) is 0 Å². The standard InChI is InChI=1S/C30H36O6/c1-8-34-27(31)30(28(32)35-9-2)19-21(4)26(29(5,6)36-30)18-25(22-12-10-20(3)11-13-22)23-14-16-24(33-7)17-15-23/h10-18H,8-9,19H2,1-7H3/b25-18+. The number of carbonyl (C=O) groups excluding carboxylic acids is 2. The van der Waals surface area contributed by atoms with Crippen molar-refractivity contribution in [3.05, 3.63) is 82.4 Å². The van der Waals surface area contributed by atoms with E-state index < -0.39 is 23.1 Å². The number of rotatable bonds is 8. The molecule has 3 rings (SSSR count). The third kappa shape index (κ3) is 5.54. The summed E-state index contributed by atoms with van der Waals surface area (Å²) in [4.78, 5) is 26.1. The zero-order valence-electron chi connectivity index (χ0n) is 22.3. The van der Waals surface area contributed by atoms with Gasteiger partial charge in [-0.05, 0) is 82.0 Å². The van der Waals surface area contributed by atoms with E-state index >= 15 is 0 Å². The SMILES string of the molecule is CCOC(=O)C1(C(=O)OCC)CC(C)=C(/C=C(\c2ccc(C)cc2)c2ccc(OC)cc2)C(C)(C)O1. The summed E-state index contributed by atoms with van der Waals surface area (Å²) in [6.45, 7) is 11.3. The number of aryl methyl sites for hydroxylation is 1. The first-order chi connectivity index (χ1) is 17.1. The van der Waals surface area contributed by atoms with E-state index in [9.17, 15) is 9.59 Å². The van der Waals surface area contributed by atoms with Gasteiger partial charge in [-0.15, -0.1) is 0 Å². The van der Waals surface area contributed by atoms with Crippen LogP contribution in [0, 0.1) is 6.92 Å². The average Bonchev–Trinajstić information content (AvgIpc) is 2.84. The molecule has 6 nitrogen and oxygen atoms in total. The van der Waals surface area contributed by atoms with Crippen molar-refractivity contribution in [1.29, 1.82) is 0 Å². The normalized spacial score (nSPS) is 16.9. The van der Waals surface area contributed by atoms with Crippen LogP contribution in [-0.4, -0.2) is 43.5 Å². The quantitative estimate of drug-likeness (QED) is 0.342. The van der Waals surface area contributed by atoms with Crippen LogP contribution in [0.3, 0.4) is 0 Å². The highest BCUT2D eigenvalue weighted by Gasteiger charge is 2.57. The third-order valence-corrected chi connectivity index (χ3v) is 6.31. The summed E-state index contributed by atoms with van der Waals surface area (Å²) in [7, 11) is 1.64. The summed E-state index contributed by atoms with van der Waals surface area (Å²) >= 11 is 0. The van der Waals surface area contributed by atoms with E-state index in [1.165, 1.54) is 5.56 Å². The molecule has 0 atom stereocenters. The number of benzene rings is 2. The fraction of sp³-hybridized carbons (Fsp3) is 0.400. The Morgan fingerprint density at radius 3 is 1.83 bits per heavy atom. The van der Waals surface area contributed by atoms with E-state index in [0.717, 1.165) is 33.6 Å². The molecule has 0 fully saturated rings. The Labute approximate surface area is 213 Å². The smallest absolute Gasteiger partial charge is 0.350 e. The highest BCUT2D eigenvalue weighted by Crippen LogP contribution is 2.43. The molecule has 2 aromatic rings. The number of hydrogen-bond acceptors (Lipinski definition) is 6. The first kappa shape index (κ1) is 27.2. The van der Waals surface area contributed by atoms with Gasteiger partial charge in [-0.2, -0.15) is 0 Å². The lowest BCUT2D eigenvalue weighted by atomic mass is 9.80. The molecule has 0 aliphatic carbocycles. The Balaban J connectivity index is 2.18. The summed E-state index contributed by atoms with van der Waals surface area (Å²) in [6.07, 6.45) is 2.13. The predicted octanol–water partition coefficient (Wildman–Crippen LogP) is 5.82. The van der Waals surface area contributed by atoms with Gasteiger partial charge in [0, 0.05) is 6.42 Å². The minimum atomic E-state index is -1.85. The molecule has 1 aliphatic rings. The molecule has 0 saturated carbocycles. The minimum Gasteiger partial charge on any atom is -0.497 e. The molecular formula is C30H36O6. The lowest BCUT2D eigenvalue weighted by Gasteiger charge is -2.43. The Kier molecular flexibility index (Phi) is 8.41. The molecule has 6 heteroatoms. The van der Waals surface area contributed by atoms with Crippen LogP contribution in [0.15, 0.2) is 65.8 Å². The summed E-state index contributed by atoms with van der Waals surface area (Å²) in [5.74, 6) is -0.687. The van der Waals surface area contributed by atoms with E-state index in [-0.39, 0.29) is 19.6 Å². The van der Waals surface area contributed by atoms with Crippen molar-refractivity contribution < 1.29 is 28.5 Å². The van der Waals surface area contributed by atoms with Gasteiger partial charge in [0.25, 0.3) is 5.60 Å². The fourth-order valence-electron chi connectivity index (χ4n) is 4.59. The van der Waals surface area contributed by atoms with Crippen molar-refractivity contribution in [1.82, 2.24) is 0 Å². The third-order valence-electron chi connectivity index (χ3n) is 6.31. The zero-order valence-corrected chi connectivity index (χ0v) is 22.3. The van der Waals surface area contributed by atoms with Crippen LogP contribution in [-0.2, 0) is 23.8 Å². The van der Waals surface area contributed by atoms with Gasteiger partial charge in [-0.3, -0.25) is 0 Å². The maximum Gasteiger partial charge on any atom is 0.350 e. The molecular weight excluding hydrogens is 456 g/mol. The first-order valence-corrected chi connectivity index (χ1v) is 12.3. The highest BCUT2D eigenvalue weighted by atomic mass is 16.6. The molecule has 0 unspecified atom stereocenters. The number of methoxy groups -OCH3 is 1. The van der Waals surface area contributed by atoms with Crippen molar-refractivity contribution >= 4 is 17.5 Å². The van der Waals surface area contributed by atoms with Crippen LogP contribution < -0.4 is 4.74 Å². The maximum atomic E-state index is 13.0. The Morgan fingerprint density at radius 1 is 0.889 bits per heavy atom. The fourth-order valence-corrected chi connectivity index (χ4v) is 4.59. The number of ether oxygens (including phenoxy) is 4. The molecule has 2 aromatic carbocycles. The molecule has 0 amide bonds. The lowest BCUT2D eigenvalue weighted by molar-refractivity contribution is -0.206. The predicted molar refractivity (Wildman–Crippen MR) is 140 cm³/mol. The maximum absolute atomic E-state index is 13.0. The Bertz CT molecular complexity index is 1130. The van der Waals surface area contributed by atoms with Crippen molar-refractivity contribution in [3.8, 4) is 5.75 Å². The molecule has 0 saturated heterocycles. The molecule has 0 bridgehead atoms. The van der Waals surface area contributed by atoms with Crippen LogP contribution in [0.4, 0.5) is 0 Å². The summed E-state index contributed by atoms with van der Waals surface area (Å²) in [5, 5.41) is 0. The van der Waals surface area contributed by atoms with E-state index in [1.807, 2.05) is 45.0 Å². The molecule has 0 aromatic heterocycles. The monoisotopic (exact) mass is 492 g/mol. The highest BCUT2D eigenvalue weighted by molar-refractivity contribution is 6.04. The van der Waals surface area contributed by atoms with E-state index in [4.69, 9.17) is 18.9 Å². The summed E-state index contributed by atoms with van der Waals surface area (Å²) < 4.78 is 22.2. The average molecular weight is 493 g/mol. The van der Waals surface area contributed by atoms with Gasteiger partial charge in [-0.25, -0.2) is 9.59 Å². The molecule has 0 spiro atoms. The summed E-state index contributed by atoms with van der Waals surface area (Å²) in [5.41, 5.74) is 3.11. The second-order valence-corrected chi connectivity index (χ2v) is 9.40. The van der Waals surface area contributed by atoms with Gasteiger partial charge in [0.2, 0.25) is 0 Å². The second kappa shape index (κ2) is 11.1. The Morgan fingerprint density at radius 2 is 1.39 bits per heavy atom. The largest absolute Gasteiger partial charge is 0.497 e. The van der Waals surface area contributed by atoms with Crippen molar-refractivity contribution in [2.45, 2.75) is 59.2 Å². The lowest BCUT2D eigenvalue weighted by Crippen LogP contribution is -2.58. The molecule has 1 heterocycles. The van der Waals surface area contributed by atoms with Gasteiger partial charge in [0.1, 0.15) is 5.75 Å². The number of hydrogen-bond donors (Lipinski definition) is 0. The van der Waals surface area contributed by atoms with Crippen LogP contribution in [0.5, 0.6) is 5.75 Å². The number of carbonyl (C=O) groups is 2. The molecule has 36 heavy (non-hydrogen) atoms. The van der Waals surface area contributed by atoms with Crippen LogP contribution >= 0.6 is 0 Å². The van der Waals surface area contributed by atoms with E-state index in [2.05, 4.69) is 37.3 Å². The van der Waals surface area contributed by atoms with E-state index in [0.29, 0.717) is 0 Å². The molecule has 192 valence electrons. The first-order valence-electron chi connectivity index (χ1n) is 12.3. The molecule has 0 radical (unpaired) electrons. The van der Waals surface area contributed by atoms with E-state index in [1.54, 1.807) is 21.0 Å². The topological polar surface area (TPSA) is 71.1 Å². The van der Waals surface area contributed by atoms with Gasteiger partial charge in [0.05, 0.1) is 25.9 Å².